The van der Waals surface area contributed by atoms with Crippen LogP contribution in [0.5, 0.6) is 0 Å². The number of fused-ring (bicyclic) bond motifs is 3. The van der Waals surface area contributed by atoms with Crippen molar-refractivity contribution in [1.29, 1.82) is 0 Å². The zero-order valence-corrected chi connectivity index (χ0v) is 17.6. The van der Waals surface area contributed by atoms with Gasteiger partial charge in [0.25, 0.3) is 5.91 Å². The Morgan fingerprint density at radius 3 is 2.53 bits per heavy atom. The molecule has 0 unspecified atom stereocenters. The molecule has 0 radical (unpaired) electrons. The first kappa shape index (κ1) is 19.7. The number of hydrogen-bond donors (Lipinski definition) is 1. The zero-order valence-electron chi connectivity index (χ0n) is 17.6. The van der Waals surface area contributed by atoms with E-state index in [4.69, 9.17) is 0 Å². The van der Waals surface area contributed by atoms with Gasteiger partial charge in [0.2, 0.25) is 0 Å². The van der Waals surface area contributed by atoms with Crippen LogP contribution in [0.25, 0.3) is 21.9 Å². The average Bonchev–Trinajstić information content (AvgIpc) is 3.26. The molecule has 0 aliphatic rings. The summed E-state index contributed by atoms with van der Waals surface area (Å²) in [4.78, 5) is 31.8. The van der Waals surface area contributed by atoms with Gasteiger partial charge >= 0.3 is 6.03 Å². The molecule has 0 fully saturated rings. The normalized spacial score (nSPS) is 11.4. The van der Waals surface area contributed by atoms with Gasteiger partial charge in [-0.2, -0.15) is 0 Å². The van der Waals surface area contributed by atoms with Gasteiger partial charge in [0, 0.05) is 44.5 Å². The molecule has 0 saturated heterocycles. The number of carbonyl (C=O) groups is 2. The standard InChI is InChI=1S/C23H25N5O2/c1-15(2)27-18-10-6-5-9-17(18)21-19(27)12-20(28(21)23(30)26(3)4)22(29)25-14-16-8-7-11-24-13-16/h5-13,15H,14H2,1-4H3,(H,25,29). The van der Waals surface area contributed by atoms with Crippen LogP contribution in [0.2, 0.25) is 0 Å². The van der Waals surface area contributed by atoms with Gasteiger partial charge < -0.3 is 14.8 Å². The smallest absolute Gasteiger partial charge is 0.328 e. The van der Waals surface area contributed by atoms with E-state index in [2.05, 4.69) is 28.7 Å². The summed E-state index contributed by atoms with van der Waals surface area (Å²) in [5.41, 5.74) is 3.88. The number of rotatable bonds is 4. The highest BCUT2D eigenvalue weighted by atomic mass is 16.2. The van der Waals surface area contributed by atoms with Crippen molar-refractivity contribution >= 4 is 33.9 Å². The molecule has 7 nitrogen and oxygen atoms in total. The Morgan fingerprint density at radius 1 is 1.10 bits per heavy atom. The van der Waals surface area contributed by atoms with E-state index >= 15 is 0 Å². The van der Waals surface area contributed by atoms with E-state index in [-0.39, 0.29) is 18.0 Å². The quantitative estimate of drug-likeness (QED) is 0.559. The zero-order chi connectivity index (χ0) is 21.4. The first-order valence-corrected chi connectivity index (χ1v) is 9.93. The molecule has 0 saturated carbocycles. The number of aromatic nitrogens is 3. The molecule has 1 aromatic carbocycles. The molecule has 0 spiro atoms. The molecule has 30 heavy (non-hydrogen) atoms. The molecule has 0 aliphatic heterocycles. The lowest BCUT2D eigenvalue weighted by atomic mass is 10.2. The van der Waals surface area contributed by atoms with Crippen LogP contribution >= 0.6 is 0 Å². The van der Waals surface area contributed by atoms with Crippen molar-refractivity contribution in [1.82, 2.24) is 24.3 Å². The fourth-order valence-corrected chi connectivity index (χ4v) is 3.85. The molecule has 2 amide bonds. The lowest BCUT2D eigenvalue weighted by molar-refractivity contribution is 0.0942. The Kier molecular flexibility index (Phi) is 5.03. The Morgan fingerprint density at radius 2 is 1.87 bits per heavy atom. The molecule has 0 atom stereocenters. The van der Waals surface area contributed by atoms with E-state index in [1.165, 1.54) is 9.47 Å². The Bertz CT molecular complexity index is 1230. The highest BCUT2D eigenvalue weighted by molar-refractivity contribution is 6.14. The number of carbonyl (C=O) groups excluding carboxylic acids is 2. The summed E-state index contributed by atoms with van der Waals surface area (Å²) in [5.74, 6) is -0.301. The van der Waals surface area contributed by atoms with E-state index in [0.717, 1.165) is 27.5 Å². The van der Waals surface area contributed by atoms with Gasteiger partial charge in [-0.05, 0) is 37.6 Å². The van der Waals surface area contributed by atoms with Gasteiger partial charge in [-0.15, -0.1) is 0 Å². The predicted octanol–water partition coefficient (Wildman–Crippen LogP) is 4.03. The van der Waals surface area contributed by atoms with Crippen LogP contribution in [-0.4, -0.2) is 45.1 Å². The highest BCUT2D eigenvalue weighted by Crippen LogP contribution is 2.34. The molecular formula is C23H25N5O2. The largest absolute Gasteiger partial charge is 0.347 e. The molecule has 3 aromatic heterocycles. The lowest BCUT2D eigenvalue weighted by Crippen LogP contribution is -2.32. The fourth-order valence-electron chi connectivity index (χ4n) is 3.85. The van der Waals surface area contributed by atoms with Crippen molar-refractivity contribution in [2.24, 2.45) is 0 Å². The van der Waals surface area contributed by atoms with Gasteiger partial charge in [0.05, 0.1) is 16.6 Å². The molecule has 7 heteroatoms. The van der Waals surface area contributed by atoms with Crippen LogP contribution in [0.1, 0.15) is 35.9 Å². The lowest BCUT2D eigenvalue weighted by Gasteiger charge is -2.15. The Balaban J connectivity index is 1.89. The maximum Gasteiger partial charge on any atom is 0.328 e. The SMILES string of the molecule is CC(C)n1c2ccccc2c2c1cc(C(=O)NCc1cccnc1)n2C(=O)N(C)C. The maximum absolute atomic E-state index is 13.1. The number of nitrogens with zero attached hydrogens (tertiary/aromatic N) is 4. The van der Waals surface area contributed by atoms with E-state index in [9.17, 15) is 9.59 Å². The minimum Gasteiger partial charge on any atom is -0.347 e. The molecule has 3 heterocycles. The monoisotopic (exact) mass is 403 g/mol. The third-order valence-electron chi connectivity index (χ3n) is 5.16. The maximum atomic E-state index is 13.1. The van der Waals surface area contributed by atoms with Crippen LogP contribution in [0, 0.1) is 0 Å². The third kappa shape index (κ3) is 3.22. The van der Waals surface area contributed by atoms with Crippen molar-refractivity contribution in [3.8, 4) is 0 Å². The number of benzene rings is 1. The molecular weight excluding hydrogens is 378 g/mol. The summed E-state index contributed by atoms with van der Waals surface area (Å²) in [5, 5.41) is 3.86. The second-order valence-electron chi connectivity index (χ2n) is 7.80. The van der Waals surface area contributed by atoms with Crippen molar-refractivity contribution in [2.45, 2.75) is 26.4 Å². The molecule has 154 valence electrons. The summed E-state index contributed by atoms with van der Waals surface area (Å²) >= 11 is 0. The van der Waals surface area contributed by atoms with Gasteiger partial charge in [-0.1, -0.05) is 24.3 Å². The van der Waals surface area contributed by atoms with Crippen LogP contribution in [0.15, 0.2) is 54.9 Å². The Labute approximate surface area is 174 Å². The van der Waals surface area contributed by atoms with Gasteiger partial charge in [-0.25, -0.2) is 4.79 Å². The summed E-state index contributed by atoms with van der Waals surface area (Å²) in [6.45, 7) is 4.53. The molecule has 1 N–H and O–H groups in total. The first-order chi connectivity index (χ1) is 14.4. The number of amides is 2. The van der Waals surface area contributed by atoms with E-state index in [1.807, 2.05) is 42.5 Å². The first-order valence-electron chi connectivity index (χ1n) is 9.93. The highest BCUT2D eigenvalue weighted by Gasteiger charge is 2.26. The minimum atomic E-state index is -0.301. The van der Waals surface area contributed by atoms with Crippen molar-refractivity contribution in [3.05, 3.63) is 66.1 Å². The van der Waals surface area contributed by atoms with Crippen LogP contribution in [-0.2, 0) is 6.54 Å². The fraction of sp³-hybridized carbons (Fsp3) is 0.261. The number of para-hydroxylation sites is 1. The second kappa shape index (κ2) is 7.67. The van der Waals surface area contributed by atoms with Crippen molar-refractivity contribution in [2.75, 3.05) is 14.1 Å². The van der Waals surface area contributed by atoms with Gasteiger partial charge in [0.1, 0.15) is 5.69 Å². The predicted molar refractivity (Wildman–Crippen MR) is 118 cm³/mol. The average molecular weight is 403 g/mol. The summed E-state index contributed by atoms with van der Waals surface area (Å²) in [6.07, 6.45) is 3.40. The van der Waals surface area contributed by atoms with E-state index in [0.29, 0.717) is 12.2 Å². The van der Waals surface area contributed by atoms with Gasteiger partial charge in [0.15, 0.2) is 0 Å². The number of hydrogen-bond acceptors (Lipinski definition) is 3. The summed E-state index contributed by atoms with van der Waals surface area (Å²) in [6, 6.07) is 13.4. The molecule has 0 aliphatic carbocycles. The third-order valence-corrected chi connectivity index (χ3v) is 5.16. The molecule has 0 bridgehead atoms. The van der Waals surface area contributed by atoms with E-state index < -0.39 is 0 Å². The Hall–Kier alpha value is -3.61. The van der Waals surface area contributed by atoms with Crippen molar-refractivity contribution in [3.63, 3.8) is 0 Å². The van der Waals surface area contributed by atoms with Crippen LogP contribution < -0.4 is 5.32 Å². The molecule has 4 rings (SSSR count). The summed E-state index contributed by atoms with van der Waals surface area (Å²) in [7, 11) is 3.38. The van der Waals surface area contributed by atoms with Crippen LogP contribution in [0.4, 0.5) is 4.79 Å². The second-order valence-corrected chi connectivity index (χ2v) is 7.80. The van der Waals surface area contributed by atoms with Gasteiger partial charge in [-0.3, -0.25) is 14.3 Å². The number of pyridine rings is 1. The summed E-state index contributed by atoms with van der Waals surface area (Å²) < 4.78 is 3.69. The number of nitrogens with one attached hydrogen (secondary N) is 1. The van der Waals surface area contributed by atoms with Crippen LogP contribution in [0.3, 0.4) is 0 Å². The molecule has 4 aromatic rings. The minimum absolute atomic E-state index is 0.170. The topological polar surface area (TPSA) is 72.2 Å². The van der Waals surface area contributed by atoms with E-state index in [1.54, 1.807) is 26.5 Å². The van der Waals surface area contributed by atoms with Crippen molar-refractivity contribution < 1.29 is 9.59 Å².